The molecule has 0 atom stereocenters. The Labute approximate surface area is 210 Å². The van der Waals surface area contributed by atoms with Gasteiger partial charge in [0.1, 0.15) is 0 Å². The molecule has 4 rings (SSSR count). The fourth-order valence-electron chi connectivity index (χ4n) is 3.61. The maximum Gasteiger partial charge on any atom is 0.416 e. The van der Waals surface area contributed by atoms with Crippen molar-refractivity contribution in [3.8, 4) is 17.1 Å². The molecule has 1 aromatic heterocycles. The van der Waals surface area contributed by atoms with Crippen molar-refractivity contribution < 1.29 is 39.5 Å². The molecule has 0 aliphatic heterocycles. The molecule has 6 nitrogen and oxygen atoms in total. The Kier molecular flexibility index (Phi) is 6.57. The van der Waals surface area contributed by atoms with E-state index in [-0.39, 0.29) is 13.7 Å². The molecular formula is C24H12F9N3O3. The van der Waals surface area contributed by atoms with E-state index in [0.29, 0.717) is 36.4 Å². The van der Waals surface area contributed by atoms with Crippen LogP contribution in [0.2, 0.25) is 0 Å². The first-order valence-corrected chi connectivity index (χ1v) is 10.5. The van der Waals surface area contributed by atoms with Crippen LogP contribution in [-0.2, 0) is 18.5 Å². The fourth-order valence-corrected chi connectivity index (χ4v) is 3.61. The van der Waals surface area contributed by atoms with Crippen LogP contribution in [0, 0.1) is 0 Å². The van der Waals surface area contributed by atoms with Crippen LogP contribution in [-0.4, -0.2) is 13.7 Å². The Morgan fingerprint density at radius 3 is 0.692 bits per heavy atom. The summed E-state index contributed by atoms with van der Waals surface area (Å²) in [5.41, 5.74) is -9.15. The van der Waals surface area contributed by atoms with E-state index in [1.165, 1.54) is 0 Å². The smallest absolute Gasteiger partial charge is 0.246 e. The van der Waals surface area contributed by atoms with Gasteiger partial charge in [-0.25, -0.2) is 28.1 Å². The molecule has 0 fully saturated rings. The third-order valence-electron chi connectivity index (χ3n) is 5.51. The highest BCUT2D eigenvalue weighted by Gasteiger charge is 2.32. The molecule has 0 spiro atoms. The minimum atomic E-state index is -4.77. The van der Waals surface area contributed by atoms with Gasteiger partial charge in [0.25, 0.3) is 0 Å². The van der Waals surface area contributed by atoms with Crippen LogP contribution >= 0.6 is 0 Å². The van der Waals surface area contributed by atoms with Gasteiger partial charge in [-0.1, -0.05) is 0 Å². The topological polar surface area (TPSA) is 66.0 Å². The number of hydrogen-bond acceptors (Lipinski definition) is 3. The molecule has 0 radical (unpaired) electrons. The predicted molar refractivity (Wildman–Crippen MR) is 118 cm³/mol. The lowest BCUT2D eigenvalue weighted by Gasteiger charge is -2.16. The average molecular weight is 561 g/mol. The van der Waals surface area contributed by atoms with Gasteiger partial charge in [0.2, 0.25) is 0 Å². The Morgan fingerprint density at radius 1 is 0.359 bits per heavy atom. The van der Waals surface area contributed by atoms with Crippen LogP contribution in [0.1, 0.15) is 16.7 Å². The lowest BCUT2D eigenvalue weighted by atomic mass is 10.2. The zero-order valence-electron chi connectivity index (χ0n) is 18.9. The van der Waals surface area contributed by atoms with E-state index >= 15 is 0 Å². The van der Waals surface area contributed by atoms with Gasteiger partial charge in [-0.2, -0.15) is 39.5 Å². The van der Waals surface area contributed by atoms with Gasteiger partial charge in [0, 0.05) is 0 Å². The Bertz CT molecular complexity index is 1460. The van der Waals surface area contributed by atoms with Crippen molar-refractivity contribution in [2.24, 2.45) is 0 Å². The molecule has 0 amide bonds. The lowest BCUT2D eigenvalue weighted by molar-refractivity contribution is -0.138. The summed E-state index contributed by atoms with van der Waals surface area (Å²) >= 11 is 0. The molecule has 0 N–H and O–H groups in total. The number of nitrogens with zero attached hydrogens (tertiary/aromatic N) is 3. The molecule has 0 bridgehead atoms. The zero-order chi connectivity index (χ0) is 28.9. The molecule has 39 heavy (non-hydrogen) atoms. The molecular weight excluding hydrogens is 549 g/mol. The maximum atomic E-state index is 13.3. The fraction of sp³-hybridized carbons (Fsp3) is 0.125. The SMILES string of the molecule is O=c1n(-c2ccc(C(F)(F)F)cc2)c(=O)n(-c2ccc(C(F)(F)F)cc2)c(=O)n1-c1ccc(C(F)(F)F)cc1. The quantitative estimate of drug-likeness (QED) is 0.324. The van der Waals surface area contributed by atoms with Crippen molar-refractivity contribution in [2.75, 3.05) is 0 Å². The van der Waals surface area contributed by atoms with Crippen LogP contribution < -0.4 is 17.1 Å². The minimum Gasteiger partial charge on any atom is -0.246 e. The first-order valence-electron chi connectivity index (χ1n) is 10.5. The van der Waals surface area contributed by atoms with Crippen molar-refractivity contribution in [3.63, 3.8) is 0 Å². The van der Waals surface area contributed by atoms with Gasteiger partial charge >= 0.3 is 35.6 Å². The summed E-state index contributed by atoms with van der Waals surface area (Å²) in [6.45, 7) is 0. The molecule has 4 aromatic rings. The van der Waals surface area contributed by atoms with Crippen LogP contribution in [0.15, 0.2) is 87.2 Å². The van der Waals surface area contributed by atoms with Gasteiger partial charge in [-0.05, 0) is 72.8 Å². The summed E-state index contributed by atoms with van der Waals surface area (Å²) < 4.78 is 118. The van der Waals surface area contributed by atoms with E-state index in [0.717, 1.165) is 36.4 Å². The van der Waals surface area contributed by atoms with Gasteiger partial charge in [0.15, 0.2) is 0 Å². The monoisotopic (exact) mass is 561 g/mol. The second kappa shape index (κ2) is 9.32. The van der Waals surface area contributed by atoms with Crippen molar-refractivity contribution in [2.45, 2.75) is 18.5 Å². The minimum absolute atomic E-state index is 0.261. The Hall–Kier alpha value is -4.56. The first-order chi connectivity index (χ1) is 18.0. The number of benzene rings is 3. The largest absolute Gasteiger partial charge is 0.416 e. The molecule has 3 aromatic carbocycles. The molecule has 15 heteroatoms. The van der Waals surface area contributed by atoms with Crippen molar-refractivity contribution in [3.05, 3.63) is 121 Å². The Balaban J connectivity index is 2.03. The Morgan fingerprint density at radius 2 is 0.538 bits per heavy atom. The maximum absolute atomic E-state index is 13.3. The number of hydrogen-bond donors (Lipinski definition) is 0. The van der Waals surface area contributed by atoms with E-state index in [2.05, 4.69) is 0 Å². The third kappa shape index (κ3) is 5.24. The van der Waals surface area contributed by atoms with Gasteiger partial charge in [-0.15, -0.1) is 0 Å². The summed E-state index contributed by atoms with van der Waals surface area (Å²) in [5.74, 6) is 0. The van der Waals surface area contributed by atoms with E-state index in [1.54, 1.807) is 0 Å². The summed E-state index contributed by atoms with van der Waals surface area (Å²) in [7, 11) is 0. The van der Waals surface area contributed by atoms with Crippen LogP contribution in [0.3, 0.4) is 0 Å². The van der Waals surface area contributed by atoms with Crippen molar-refractivity contribution in [1.29, 1.82) is 0 Å². The molecule has 0 saturated heterocycles. The molecule has 1 heterocycles. The molecule has 0 aliphatic carbocycles. The normalized spacial score (nSPS) is 12.5. The van der Waals surface area contributed by atoms with Crippen molar-refractivity contribution in [1.82, 2.24) is 13.7 Å². The highest BCUT2D eigenvalue weighted by atomic mass is 19.4. The molecule has 0 unspecified atom stereocenters. The summed E-state index contributed by atoms with van der Waals surface area (Å²) in [6, 6.07) is 7.68. The molecule has 0 aliphatic rings. The van der Waals surface area contributed by atoms with E-state index in [9.17, 15) is 53.9 Å². The number of aromatic nitrogens is 3. The highest BCUT2D eigenvalue weighted by Crippen LogP contribution is 2.31. The zero-order valence-corrected chi connectivity index (χ0v) is 18.9. The standard InChI is InChI=1S/C24H12F9N3O3/c25-22(26,27)13-1-7-16(8-2-13)34-19(37)35(17-9-3-14(4-10-17)23(28,29)30)21(39)36(20(34)38)18-11-5-15(6-12-18)24(31,32)33/h1-12H. The van der Waals surface area contributed by atoms with Crippen LogP contribution in [0.5, 0.6) is 0 Å². The van der Waals surface area contributed by atoms with Gasteiger partial charge in [0.05, 0.1) is 33.8 Å². The first kappa shape index (κ1) is 27.5. The van der Waals surface area contributed by atoms with Crippen molar-refractivity contribution >= 4 is 0 Å². The second-order valence-corrected chi connectivity index (χ2v) is 7.99. The molecule has 204 valence electrons. The summed E-state index contributed by atoms with van der Waals surface area (Å²) in [4.78, 5) is 39.8. The highest BCUT2D eigenvalue weighted by molar-refractivity contribution is 5.41. The van der Waals surface area contributed by atoms with Gasteiger partial charge < -0.3 is 0 Å². The summed E-state index contributed by atoms with van der Waals surface area (Å²) in [5, 5.41) is 0. The lowest BCUT2D eigenvalue weighted by Crippen LogP contribution is -2.52. The molecule has 0 saturated carbocycles. The predicted octanol–water partition coefficient (Wildman–Crippen LogP) is 5.20. The summed E-state index contributed by atoms with van der Waals surface area (Å²) in [6.07, 6.45) is -14.3. The average Bonchev–Trinajstić information content (AvgIpc) is 2.83. The number of halogens is 9. The third-order valence-corrected chi connectivity index (χ3v) is 5.51. The van der Waals surface area contributed by atoms with Gasteiger partial charge in [-0.3, -0.25) is 0 Å². The van der Waals surface area contributed by atoms with E-state index in [4.69, 9.17) is 0 Å². The van der Waals surface area contributed by atoms with E-state index < -0.39 is 69.4 Å². The van der Waals surface area contributed by atoms with E-state index in [1.807, 2.05) is 0 Å². The second-order valence-electron chi connectivity index (χ2n) is 7.99. The number of rotatable bonds is 3. The van der Waals surface area contributed by atoms with Crippen LogP contribution in [0.25, 0.3) is 17.1 Å². The van der Waals surface area contributed by atoms with Crippen LogP contribution in [0.4, 0.5) is 39.5 Å². The number of alkyl halides is 9.